The van der Waals surface area contributed by atoms with E-state index in [0.29, 0.717) is 19.3 Å². The summed E-state index contributed by atoms with van der Waals surface area (Å²) in [5, 5.41) is 3.51. The molecule has 1 N–H and O–H groups in total. The molecule has 94 valence electrons. The summed E-state index contributed by atoms with van der Waals surface area (Å²) in [5.74, 6) is 0.956. The quantitative estimate of drug-likeness (QED) is 0.767. The van der Waals surface area contributed by atoms with Gasteiger partial charge in [-0.25, -0.2) is 0 Å². The molecule has 1 aliphatic carbocycles. The highest BCUT2D eigenvalue weighted by Crippen LogP contribution is 2.33. The van der Waals surface area contributed by atoms with Crippen LogP contribution in [0.4, 0.5) is 0 Å². The topological polar surface area (TPSA) is 30.5 Å². The van der Waals surface area contributed by atoms with Gasteiger partial charge in [0, 0.05) is 13.2 Å². The number of hydrogen-bond donors (Lipinski definition) is 1. The van der Waals surface area contributed by atoms with Crippen LogP contribution in [0.15, 0.2) is 18.2 Å². The molecule has 0 aliphatic heterocycles. The molecule has 0 saturated heterocycles. The fourth-order valence-corrected chi connectivity index (χ4v) is 2.38. The Morgan fingerprint density at radius 2 is 2.24 bits per heavy atom. The minimum atomic E-state index is 0.531. The second kappa shape index (κ2) is 6.03. The molecule has 1 atom stereocenters. The number of benzene rings is 1. The van der Waals surface area contributed by atoms with Crippen LogP contribution in [0.3, 0.4) is 0 Å². The fraction of sp³-hybridized carbons (Fsp3) is 0.571. The molecule has 17 heavy (non-hydrogen) atoms. The normalized spacial score (nSPS) is 18.1. The summed E-state index contributed by atoms with van der Waals surface area (Å²) in [6.45, 7) is 4.43. The van der Waals surface area contributed by atoms with Gasteiger partial charge in [-0.1, -0.05) is 13.0 Å². The zero-order valence-electron chi connectivity index (χ0n) is 10.7. The maximum atomic E-state index is 5.62. The lowest BCUT2D eigenvalue weighted by Crippen LogP contribution is -2.18. The molecule has 0 spiro atoms. The molecule has 0 amide bonds. The first kappa shape index (κ1) is 12.4. The number of nitrogens with one attached hydrogen (secondary N) is 1. The Balaban J connectivity index is 2.01. The van der Waals surface area contributed by atoms with Gasteiger partial charge in [-0.2, -0.15) is 0 Å². The highest BCUT2D eigenvalue weighted by Gasteiger charge is 2.21. The van der Waals surface area contributed by atoms with Gasteiger partial charge in [-0.05, 0) is 42.6 Å². The Labute approximate surface area is 103 Å². The molecule has 1 aromatic carbocycles. The van der Waals surface area contributed by atoms with Crippen molar-refractivity contribution >= 4 is 0 Å². The second-order valence-electron chi connectivity index (χ2n) is 4.35. The minimum Gasteiger partial charge on any atom is -0.491 e. The predicted octanol–water partition coefficient (Wildman–Crippen LogP) is 2.31. The number of methoxy groups -OCH3 is 1. The van der Waals surface area contributed by atoms with Crippen LogP contribution in [-0.2, 0) is 11.2 Å². The van der Waals surface area contributed by atoms with Crippen molar-refractivity contribution in [3.05, 3.63) is 29.3 Å². The Bertz CT molecular complexity index is 365. The molecular formula is C14H21NO2. The molecule has 0 heterocycles. The van der Waals surface area contributed by atoms with Gasteiger partial charge in [-0.15, -0.1) is 0 Å². The molecule has 3 nitrogen and oxygen atoms in total. The average molecular weight is 235 g/mol. The van der Waals surface area contributed by atoms with Crippen molar-refractivity contribution in [1.29, 1.82) is 0 Å². The first-order chi connectivity index (χ1) is 8.35. The lowest BCUT2D eigenvalue weighted by Gasteiger charge is -2.13. The van der Waals surface area contributed by atoms with Gasteiger partial charge in [0.2, 0.25) is 0 Å². The van der Waals surface area contributed by atoms with Gasteiger partial charge in [-0.3, -0.25) is 0 Å². The molecule has 0 bridgehead atoms. The van der Waals surface area contributed by atoms with E-state index in [1.165, 1.54) is 17.5 Å². The van der Waals surface area contributed by atoms with Gasteiger partial charge >= 0.3 is 0 Å². The van der Waals surface area contributed by atoms with Crippen LogP contribution >= 0.6 is 0 Å². The van der Waals surface area contributed by atoms with Crippen molar-refractivity contribution in [3.8, 4) is 5.75 Å². The van der Waals surface area contributed by atoms with Crippen molar-refractivity contribution in [3.63, 3.8) is 0 Å². The summed E-state index contributed by atoms with van der Waals surface area (Å²) in [6, 6.07) is 6.95. The molecule has 3 heteroatoms. The molecule has 0 fully saturated rings. The third-order valence-corrected chi connectivity index (χ3v) is 3.20. The zero-order chi connectivity index (χ0) is 12.1. The lowest BCUT2D eigenvalue weighted by atomic mass is 10.1. The number of ether oxygens (including phenoxy) is 2. The molecule has 0 aromatic heterocycles. The van der Waals surface area contributed by atoms with E-state index in [9.17, 15) is 0 Å². The third-order valence-electron chi connectivity index (χ3n) is 3.20. The van der Waals surface area contributed by atoms with Crippen LogP contribution in [0.2, 0.25) is 0 Å². The van der Waals surface area contributed by atoms with Crippen LogP contribution < -0.4 is 10.1 Å². The van der Waals surface area contributed by atoms with E-state index >= 15 is 0 Å². The number of fused-ring (bicyclic) bond motifs is 1. The van der Waals surface area contributed by atoms with Crippen LogP contribution in [0.1, 0.15) is 30.5 Å². The van der Waals surface area contributed by atoms with E-state index in [-0.39, 0.29) is 0 Å². The number of hydrogen-bond acceptors (Lipinski definition) is 3. The smallest absolute Gasteiger partial charge is 0.119 e. The number of aryl methyl sites for hydroxylation is 1. The summed E-state index contributed by atoms with van der Waals surface area (Å²) in [6.07, 6.45) is 2.35. The van der Waals surface area contributed by atoms with Crippen molar-refractivity contribution in [2.45, 2.75) is 25.8 Å². The standard InChI is InChI=1S/C14H21NO2/c1-3-15-14-7-4-11-10-12(5-6-13(11)14)17-9-8-16-2/h5-6,10,14-15H,3-4,7-9H2,1-2H3. The molecule has 0 saturated carbocycles. The third kappa shape index (κ3) is 2.99. The fourth-order valence-electron chi connectivity index (χ4n) is 2.38. The van der Waals surface area contributed by atoms with Gasteiger partial charge in [0.25, 0.3) is 0 Å². The van der Waals surface area contributed by atoms with Gasteiger partial charge < -0.3 is 14.8 Å². The minimum absolute atomic E-state index is 0.531. The second-order valence-corrected chi connectivity index (χ2v) is 4.35. The van der Waals surface area contributed by atoms with Crippen LogP contribution in [0.5, 0.6) is 5.75 Å². The van der Waals surface area contributed by atoms with E-state index in [1.807, 2.05) is 0 Å². The Hall–Kier alpha value is -1.06. The Morgan fingerprint density at radius 1 is 1.35 bits per heavy atom. The zero-order valence-corrected chi connectivity index (χ0v) is 10.7. The van der Waals surface area contributed by atoms with Crippen molar-refractivity contribution < 1.29 is 9.47 Å². The summed E-state index contributed by atoms with van der Waals surface area (Å²) in [7, 11) is 1.69. The number of rotatable bonds is 6. The highest BCUT2D eigenvalue weighted by atomic mass is 16.5. The van der Waals surface area contributed by atoms with E-state index < -0.39 is 0 Å². The first-order valence-corrected chi connectivity index (χ1v) is 6.33. The van der Waals surface area contributed by atoms with E-state index in [1.54, 1.807) is 7.11 Å². The maximum Gasteiger partial charge on any atom is 0.119 e. The van der Waals surface area contributed by atoms with Crippen molar-refractivity contribution in [2.75, 3.05) is 26.9 Å². The summed E-state index contributed by atoms with van der Waals surface area (Å²) < 4.78 is 10.6. The Kier molecular flexibility index (Phi) is 4.40. The molecule has 1 unspecified atom stereocenters. The lowest BCUT2D eigenvalue weighted by molar-refractivity contribution is 0.146. The van der Waals surface area contributed by atoms with E-state index in [2.05, 4.69) is 30.4 Å². The van der Waals surface area contributed by atoms with Crippen molar-refractivity contribution in [1.82, 2.24) is 5.32 Å². The summed E-state index contributed by atoms with van der Waals surface area (Å²) in [4.78, 5) is 0. The van der Waals surface area contributed by atoms with E-state index in [0.717, 1.165) is 18.7 Å². The Morgan fingerprint density at radius 3 is 3.00 bits per heavy atom. The highest BCUT2D eigenvalue weighted by molar-refractivity contribution is 5.40. The van der Waals surface area contributed by atoms with Crippen LogP contribution in [-0.4, -0.2) is 26.9 Å². The first-order valence-electron chi connectivity index (χ1n) is 6.33. The maximum absolute atomic E-state index is 5.62. The largest absolute Gasteiger partial charge is 0.491 e. The van der Waals surface area contributed by atoms with Crippen molar-refractivity contribution in [2.24, 2.45) is 0 Å². The molecule has 0 radical (unpaired) electrons. The molecular weight excluding hydrogens is 214 g/mol. The SMILES string of the molecule is CCNC1CCc2cc(OCCOC)ccc21. The summed E-state index contributed by atoms with van der Waals surface area (Å²) >= 11 is 0. The average Bonchev–Trinajstić information content (AvgIpc) is 2.73. The van der Waals surface area contributed by atoms with Crippen LogP contribution in [0.25, 0.3) is 0 Å². The molecule has 1 aromatic rings. The van der Waals surface area contributed by atoms with Crippen LogP contribution in [0, 0.1) is 0 Å². The monoisotopic (exact) mass is 235 g/mol. The van der Waals surface area contributed by atoms with Gasteiger partial charge in [0.1, 0.15) is 12.4 Å². The predicted molar refractivity (Wildman–Crippen MR) is 68.6 cm³/mol. The molecule has 1 aliphatic rings. The summed E-state index contributed by atoms with van der Waals surface area (Å²) in [5.41, 5.74) is 2.86. The van der Waals surface area contributed by atoms with Gasteiger partial charge in [0.15, 0.2) is 0 Å². The van der Waals surface area contributed by atoms with E-state index in [4.69, 9.17) is 9.47 Å². The molecule has 2 rings (SSSR count). The van der Waals surface area contributed by atoms with Gasteiger partial charge in [0.05, 0.1) is 6.61 Å².